The van der Waals surface area contributed by atoms with Crippen molar-refractivity contribution in [2.24, 2.45) is 17.6 Å². The molecule has 0 fully saturated rings. The third-order valence-corrected chi connectivity index (χ3v) is 3.79. The van der Waals surface area contributed by atoms with Crippen molar-refractivity contribution in [3.63, 3.8) is 0 Å². The first-order chi connectivity index (χ1) is 8.04. The fourth-order valence-corrected chi connectivity index (χ4v) is 2.55. The first-order valence-electron chi connectivity index (χ1n) is 6.08. The van der Waals surface area contributed by atoms with E-state index >= 15 is 0 Å². The van der Waals surface area contributed by atoms with E-state index in [1.165, 1.54) is 4.88 Å². The minimum Gasteiger partial charge on any atom is -0.348 e. The lowest BCUT2D eigenvalue weighted by Crippen LogP contribution is -2.37. The molecule has 1 rings (SSSR count). The lowest BCUT2D eigenvalue weighted by atomic mass is 9.96. The molecule has 1 unspecified atom stereocenters. The molecular formula is C13H22N2OS. The largest absolute Gasteiger partial charge is 0.348 e. The number of nitrogens with two attached hydrogens (primary N) is 1. The zero-order chi connectivity index (χ0) is 12.8. The standard InChI is InChI=1S/C13H22N2OS/c1-9(2)7-11(8-14)13(16)15-10(3)12-5-4-6-17-12/h4-6,9-11H,7-8,14H2,1-3H3,(H,15,16)/t10-,11?/m0/s1. The molecule has 17 heavy (non-hydrogen) atoms. The first kappa shape index (κ1) is 14.2. The molecule has 3 N–H and O–H groups in total. The van der Waals surface area contributed by atoms with Crippen molar-refractivity contribution in [3.05, 3.63) is 22.4 Å². The van der Waals surface area contributed by atoms with E-state index in [-0.39, 0.29) is 17.9 Å². The van der Waals surface area contributed by atoms with Crippen LogP contribution in [0.4, 0.5) is 0 Å². The Bertz CT molecular complexity index is 335. The van der Waals surface area contributed by atoms with Crippen molar-refractivity contribution >= 4 is 17.2 Å². The van der Waals surface area contributed by atoms with Crippen molar-refractivity contribution in [2.75, 3.05) is 6.54 Å². The number of rotatable bonds is 6. The van der Waals surface area contributed by atoms with Gasteiger partial charge in [0, 0.05) is 11.4 Å². The van der Waals surface area contributed by atoms with Crippen LogP contribution in [-0.2, 0) is 4.79 Å². The van der Waals surface area contributed by atoms with E-state index in [1.54, 1.807) is 11.3 Å². The van der Waals surface area contributed by atoms with E-state index in [1.807, 2.05) is 24.4 Å². The fourth-order valence-electron chi connectivity index (χ4n) is 1.82. The molecule has 0 aliphatic heterocycles. The quantitative estimate of drug-likeness (QED) is 0.819. The summed E-state index contributed by atoms with van der Waals surface area (Å²) in [5.41, 5.74) is 5.66. The smallest absolute Gasteiger partial charge is 0.224 e. The van der Waals surface area contributed by atoms with E-state index in [4.69, 9.17) is 5.73 Å². The predicted octanol–water partition coefficient (Wildman–Crippen LogP) is 2.55. The van der Waals surface area contributed by atoms with Gasteiger partial charge in [-0.1, -0.05) is 19.9 Å². The normalized spacial score (nSPS) is 14.6. The molecule has 1 aromatic heterocycles. The molecular weight excluding hydrogens is 232 g/mol. The van der Waals surface area contributed by atoms with Crippen molar-refractivity contribution in [2.45, 2.75) is 33.2 Å². The average Bonchev–Trinajstić information content (AvgIpc) is 2.78. The molecule has 0 aliphatic carbocycles. The Kier molecular flexibility index (Phi) is 5.65. The van der Waals surface area contributed by atoms with Gasteiger partial charge in [-0.05, 0) is 30.7 Å². The average molecular weight is 254 g/mol. The Morgan fingerprint density at radius 3 is 2.65 bits per heavy atom. The summed E-state index contributed by atoms with van der Waals surface area (Å²) in [7, 11) is 0. The van der Waals surface area contributed by atoms with Crippen LogP contribution in [0.25, 0.3) is 0 Å². The monoisotopic (exact) mass is 254 g/mol. The van der Waals surface area contributed by atoms with Gasteiger partial charge < -0.3 is 11.1 Å². The van der Waals surface area contributed by atoms with Gasteiger partial charge in [-0.15, -0.1) is 11.3 Å². The van der Waals surface area contributed by atoms with Crippen LogP contribution >= 0.6 is 11.3 Å². The lowest BCUT2D eigenvalue weighted by molar-refractivity contribution is -0.125. The molecule has 4 heteroatoms. The van der Waals surface area contributed by atoms with Gasteiger partial charge in [0.05, 0.1) is 12.0 Å². The molecule has 3 nitrogen and oxygen atoms in total. The third kappa shape index (κ3) is 4.48. The molecule has 1 heterocycles. The van der Waals surface area contributed by atoms with Crippen LogP contribution < -0.4 is 11.1 Å². The summed E-state index contributed by atoms with van der Waals surface area (Å²) in [5, 5.41) is 5.05. The summed E-state index contributed by atoms with van der Waals surface area (Å²) in [4.78, 5) is 13.2. The molecule has 0 spiro atoms. The second-order valence-electron chi connectivity index (χ2n) is 4.81. The first-order valence-corrected chi connectivity index (χ1v) is 6.96. The Labute approximate surface area is 107 Å². The van der Waals surface area contributed by atoms with Crippen LogP contribution in [0, 0.1) is 11.8 Å². The number of carbonyl (C=O) groups is 1. The van der Waals surface area contributed by atoms with Gasteiger partial charge in [0.1, 0.15) is 0 Å². The van der Waals surface area contributed by atoms with Crippen LogP contribution in [-0.4, -0.2) is 12.5 Å². The van der Waals surface area contributed by atoms with E-state index in [9.17, 15) is 4.79 Å². The summed E-state index contributed by atoms with van der Waals surface area (Å²) >= 11 is 1.66. The van der Waals surface area contributed by atoms with Gasteiger partial charge in [0.2, 0.25) is 5.91 Å². The minimum atomic E-state index is -0.0718. The second-order valence-corrected chi connectivity index (χ2v) is 5.79. The molecule has 0 aromatic carbocycles. The van der Waals surface area contributed by atoms with Crippen LogP contribution in [0.5, 0.6) is 0 Å². The van der Waals surface area contributed by atoms with E-state index < -0.39 is 0 Å². The lowest BCUT2D eigenvalue weighted by Gasteiger charge is -2.19. The van der Waals surface area contributed by atoms with Crippen LogP contribution in [0.2, 0.25) is 0 Å². The maximum absolute atomic E-state index is 12.0. The van der Waals surface area contributed by atoms with Crippen molar-refractivity contribution in [1.29, 1.82) is 0 Å². The van der Waals surface area contributed by atoms with Gasteiger partial charge in [0.15, 0.2) is 0 Å². The predicted molar refractivity (Wildman–Crippen MR) is 72.9 cm³/mol. The number of thiophene rings is 1. The number of hydrogen-bond donors (Lipinski definition) is 2. The van der Waals surface area contributed by atoms with Crippen LogP contribution in [0.3, 0.4) is 0 Å². The fraction of sp³-hybridized carbons (Fsp3) is 0.615. The van der Waals surface area contributed by atoms with Crippen molar-refractivity contribution in [3.8, 4) is 0 Å². The Balaban J connectivity index is 2.52. The Hall–Kier alpha value is -0.870. The van der Waals surface area contributed by atoms with E-state index in [0.29, 0.717) is 12.5 Å². The summed E-state index contributed by atoms with van der Waals surface area (Å²) in [5.74, 6) is 0.492. The topological polar surface area (TPSA) is 55.1 Å². The summed E-state index contributed by atoms with van der Waals surface area (Å²) in [6, 6.07) is 4.11. The third-order valence-electron chi connectivity index (χ3n) is 2.74. The molecule has 0 saturated carbocycles. The highest BCUT2D eigenvalue weighted by molar-refractivity contribution is 7.10. The minimum absolute atomic E-state index is 0.0714. The molecule has 0 radical (unpaired) electrons. The molecule has 96 valence electrons. The number of carbonyl (C=O) groups excluding carboxylic acids is 1. The Morgan fingerprint density at radius 1 is 1.47 bits per heavy atom. The maximum atomic E-state index is 12.0. The highest BCUT2D eigenvalue weighted by atomic mass is 32.1. The highest BCUT2D eigenvalue weighted by Gasteiger charge is 2.20. The van der Waals surface area contributed by atoms with Crippen LogP contribution in [0.1, 0.15) is 38.1 Å². The number of amides is 1. The van der Waals surface area contributed by atoms with Gasteiger partial charge in [-0.3, -0.25) is 4.79 Å². The molecule has 0 bridgehead atoms. The maximum Gasteiger partial charge on any atom is 0.224 e. The van der Waals surface area contributed by atoms with Crippen molar-refractivity contribution < 1.29 is 4.79 Å². The van der Waals surface area contributed by atoms with Crippen LogP contribution in [0.15, 0.2) is 17.5 Å². The Morgan fingerprint density at radius 2 is 2.18 bits per heavy atom. The van der Waals surface area contributed by atoms with E-state index in [0.717, 1.165) is 6.42 Å². The molecule has 1 aromatic rings. The number of nitrogens with one attached hydrogen (secondary N) is 1. The number of hydrogen-bond acceptors (Lipinski definition) is 3. The molecule has 2 atom stereocenters. The van der Waals surface area contributed by atoms with Gasteiger partial charge in [-0.25, -0.2) is 0 Å². The highest BCUT2D eigenvalue weighted by Crippen LogP contribution is 2.19. The summed E-state index contributed by atoms with van der Waals surface area (Å²) in [6.45, 7) is 6.64. The second kappa shape index (κ2) is 6.77. The summed E-state index contributed by atoms with van der Waals surface area (Å²) in [6.07, 6.45) is 0.847. The summed E-state index contributed by atoms with van der Waals surface area (Å²) < 4.78 is 0. The zero-order valence-corrected chi connectivity index (χ0v) is 11.6. The van der Waals surface area contributed by atoms with E-state index in [2.05, 4.69) is 19.2 Å². The van der Waals surface area contributed by atoms with Gasteiger partial charge in [0.25, 0.3) is 0 Å². The van der Waals surface area contributed by atoms with Gasteiger partial charge in [-0.2, -0.15) is 0 Å². The van der Waals surface area contributed by atoms with Crippen molar-refractivity contribution in [1.82, 2.24) is 5.32 Å². The zero-order valence-electron chi connectivity index (χ0n) is 10.8. The SMILES string of the molecule is CC(C)CC(CN)C(=O)N[C@@H](C)c1cccs1. The molecule has 0 saturated heterocycles. The molecule has 0 aliphatic rings. The molecule has 1 amide bonds. The van der Waals surface area contributed by atoms with Gasteiger partial charge >= 0.3 is 0 Å².